The lowest BCUT2D eigenvalue weighted by molar-refractivity contribution is -0.137. The highest BCUT2D eigenvalue weighted by atomic mass is 16.5. The zero-order valence-electron chi connectivity index (χ0n) is 16.1. The third kappa shape index (κ3) is 5.33. The van der Waals surface area contributed by atoms with Gasteiger partial charge in [-0.25, -0.2) is 9.48 Å². The Morgan fingerprint density at radius 1 is 1.17 bits per heavy atom. The summed E-state index contributed by atoms with van der Waals surface area (Å²) in [6, 6.07) is 19.4. The Bertz CT molecular complexity index is 1020. The van der Waals surface area contributed by atoms with Crippen molar-refractivity contribution in [1.82, 2.24) is 9.78 Å². The molecule has 3 aromatic rings. The summed E-state index contributed by atoms with van der Waals surface area (Å²) in [5, 5.41) is 13.2. The predicted octanol–water partition coefficient (Wildman–Crippen LogP) is 4.41. The van der Waals surface area contributed by atoms with Crippen molar-refractivity contribution in [3.05, 3.63) is 72.4 Å². The third-order valence-electron chi connectivity index (χ3n) is 4.20. The molecule has 0 radical (unpaired) electrons. The second kappa shape index (κ2) is 9.90. The number of esters is 1. The second-order valence-corrected chi connectivity index (χ2v) is 6.20. The lowest BCUT2D eigenvalue weighted by atomic mass is 10.1. The molecular weight excluding hydrogens is 366 g/mol. The minimum absolute atomic E-state index is 0.228. The lowest BCUT2D eigenvalue weighted by Crippen LogP contribution is -2.01. The summed E-state index contributed by atoms with van der Waals surface area (Å²) in [6.45, 7) is 0.228. The molecule has 6 nitrogen and oxygen atoms in total. The van der Waals surface area contributed by atoms with Crippen molar-refractivity contribution in [3.8, 4) is 28.8 Å². The first-order chi connectivity index (χ1) is 14.2. The molecule has 0 atom stereocenters. The summed E-state index contributed by atoms with van der Waals surface area (Å²) >= 11 is 0. The molecule has 0 saturated carbocycles. The first kappa shape index (κ1) is 19.9. The highest BCUT2D eigenvalue weighted by molar-refractivity contribution is 5.88. The molecule has 0 fully saturated rings. The SMILES string of the molecule is COc1ccc(-c2nn(-c3ccccc3)cc2C=CC(=O)OCCCC#N)cc1. The van der Waals surface area contributed by atoms with Crippen LogP contribution in [0.5, 0.6) is 5.75 Å². The quantitative estimate of drug-likeness (QED) is 0.325. The number of nitriles is 1. The number of aromatic nitrogens is 2. The topological polar surface area (TPSA) is 77.1 Å². The van der Waals surface area contributed by atoms with E-state index in [1.807, 2.05) is 66.9 Å². The molecule has 0 saturated heterocycles. The van der Waals surface area contributed by atoms with Crippen LogP contribution in [-0.2, 0) is 9.53 Å². The molecule has 0 unspecified atom stereocenters. The van der Waals surface area contributed by atoms with Crippen LogP contribution in [0.2, 0.25) is 0 Å². The van der Waals surface area contributed by atoms with Crippen molar-refractivity contribution in [2.75, 3.05) is 13.7 Å². The van der Waals surface area contributed by atoms with Crippen molar-refractivity contribution in [3.63, 3.8) is 0 Å². The Balaban J connectivity index is 1.87. The van der Waals surface area contributed by atoms with E-state index >= 15 is 0 Å². The van der Waals surface area contributed by atoms with E-state index in [0.717, 1.165) is 28.3 Å². The Kier molecular flexibility index (Phi) is 6.80. The molecule has 0 aliphatic heterocycles. The summed E-state index contributed by atoms with van der Waals surface area (Å²) in [7, 11) is 1.62. The van der Waals surface area contributed by atoms with Crippen LogP contribution in [0.3, 0.4) is 0 Å². The van der Waals surface area contributed by atoms with Crippen LogP contribution in [0.15, 0.2) is 66.9 Å². The van der Waals surface area contributed by atoms with Crippen molar-refractivity contribution in [2.24, 2.45) is 0 Å². The number of methoxy groups -OCH3 is 1. The van der Waals surface area contributed by atoms with Crippen LogP contribution in [0.4, 0.5) is 0 Å². The number of rotatable bonds is 8. The summed E-state index contributed by atoms with van der Waals surface area (Å²) in [5.74, 6) is 0.311. The highest BCUT2D eigenvalue weighted by Gasteiger charge is 2.11. The number of ether oxygens (including phenoxy) is 2. The largest absolute Gasteiger partial charge is 0.497 e. The number of hydrogen-bond acceptors (Lipinski definition) is 5. The van der Waals surface area contributed by atoms with Gasteiger partial charge in [0.05, 0.1) is 31.2 Å². The van der Waals surface area contributed by atoms with Crippen LogP contribution < -0.4 is 4.74 Å². The van der Waals surface area contributed by atoms with Gasteiger partial charge in [-0.15, -0.1) is 0 Å². The smallest absolute Gasteiger partial charge is 0.330 e. The Morgan fingerprint density at radius 2 is 1.93 bits per heavy atom. The molecule has 6 heteroatoms. The van der Waals surface area contributed by atoms with Gasteiger partial charge >= 0.3 is 5.97 Å². The first-order valence-corrected chi connectivity index (χ1v) is 9.22. The van der Waals surface area contributed by atoms with Gasteiger partial charge in [0.15, 0.2) is 0 Å². The molecule has 0 spiro atoms. The minimum atomic E-state index is -0.448. The van der Waals surface area contributed by atoms with Crippen LogP contribution >= 0.6 is 0 Å². The number of para-hydroxylation sites is 1. The van der Waals surface area contributed by atoms with Crippen molar-refractivity contribution in [1.29, 1.82) is 5.26 Å². The maximum absolute atomic E-state index is 12.0. The molecule has 0 amide bonds. The van der Waals surface area contributed by atoms with E-state index in [4.69, 9.17) is 19.8 Å². The number of unbranched alkanes of at least 4 members (excludes halogenated alkanes) is 1. The normalized spacial score (nSPS) is 10.6. The monoisotopic (exact) mass is 387 g/mol. The van der Waals surface area contributed by atoms with Gasteiger partial charge in [0.2, 0.25) is 0 Å². The molecule has 3 rings (SSSR count). The lowest BCUT2D eigenvalue weighted by Gasteiger charge is -2.03. The fourth-order valence-electron chi connectivity index (χ4n) is 2.73. The van der Waals surface area contributed by atoms with E-state index in [1.165, 1.54) is 6.08 Å². The standard InChI is InChI=1S/C23H21N3O3/c1-28-21-12-9-18(10-13-21)23-19(11-14-22(27)29-16-6-5-15-24)17-26(25-23)20-7-3-2-4-8-20/h2-4,7-14,17H,5-6,16H2,1H3. The molecular formula is C23H21N3O3. The maximum atomic E-state index is 12.0. The maximum Gasteiger partial charge on any atom is 0.330 e. The van der Waals surface area contributed by atoms with E-state index < -0.39 is 5.97 Å². The first-order valence-electron chi connectivity index (χ1n) is 9.22. The van der Waals surface area contributed by atoms with Crippen molar-refractivity contribution in [2.45, 2.75) is 12.8 Å². The zero-order valence-corrected chi connectivity index (χ0v) is 16.1. The number of carbonyl (C=O) groups is 1. The minimum Gasteiger partial charge on any atom is -0.497 e. The van der Waals surface area contributed by atoms with Gasteiger partial charge in [0.1, 0.15) is 5.75 Å². The summed E-state index contributed by atoms with van der Waals surface area (Å²) in [6.07, 6.45) is 5.83. The van der Waals surface area contributed by atoms with Crippen LogP contribution in [-0.4, -0.2) is 29.5 Å². The van der Waals surface area contributed by atoms with Crippen molar-refractivity contribution < 1.29 is 14.3 Å². The molecule has 1 aromatic heterocycles. The average molecular weight is 387 g/mol. The zero-order chi connectivity index (χ0) is 20.5. The highest BCUT2D eigenvalue weighted by Crippen LogP contribution is 2.26. The molecule has 146 valence electrons. The van der Waals surface area contributed by atoms with Gasteiger partial charge in [-0.05, 0) is 48.9 Å². The Labute approximate surface area is 169 Å². The Morgan fingerprint density at radius 3 is 2.62 bits per heavy atom. The van der Waals surface area contributed by atoms with E-state index in [9.17, 15) is 4.79 Å². The molecule has 0 N–H and O–H groups in total. The van der Waals surface area contributed by atoms with E-state index in [2.05, 4.69) is 0 Å². The predicted molar refractivity (Wildman–Crippen MR) is 110 cm³/mol. The van der Waals surface area contributed by atoms with Gasteiger partial charge in [0.25, 0.3) is 0 Å². The average Bonchev–Trinajstić information content (AvgIpc) is 3.20. The molecule has 2 aromatic carbocycles. The third-order valence-corrected chi connectivity index (χ3v) is 4.20. The van der Waals surface area contributed by atoms with Gasteiger partial charge in [0, 0.05) is 29.8 Å². The van der Waals surface area contributed by atoms with Gasteiger partial charge in [-0.3, -0.25) is 0 Å². The number of carbonyl (C=O) groups excluding carboxylic acids is 1. The van der Waals surface area contributed by atoms with Crippen LogP contribution in [0.25, 0.3) is 23.0 Å². The van der Waals surface area contributed by atoms with E-state index in [0.29, 0.717) is 12.8 Å². The molecule has 0 bridgehead atoms. The Hall–Kier alpha value is -3.85. The van der Waals surface area contributed by atoms with E-state index in [-0.39, 0.29) is 6.61 Å². The number of nitrogens with zero attached hydrogens (tertiary/aromatic N) is 3. The van der Waals surface area contributed by atoms with Gasteiger partial charge < -0.3 is 9.47 Å². The summed E-state index contributed by atoms with van der Waals surface area (Å²) in [5.41, 5.74) is 3.35. The number of hydrogen-bond donors (Lipinski definition) is 0. The fraction of sp³-hybridized carbons (Fsp3) is 0.174. The summed E-state index contributed by atoms with van der Waals surface area (Å²) < 4.78 is 12.1. The molecule has 29 heavy (non-hydrogen) atoms. The van der Waals surface area contributed by atoms with Gasteiger partial charge in [-0.2, -0.15) is 10.4 Å². The van der Waals surface area contributed by atoms with Crippen LogP contribution in [0, 0.1) is 11.3 Å². The van der Waals surface area contributed by atoms with Gasteiger partial charge in [-0.1, -0.05) is 18.2 Å². The molecule has 0 aliphatic rings. The number of benzene rings is 2. The fourth-order valence-corrected chi connectivity index (χ4v) is 2.73. The molecule has 0 aliphatic carbocycles. The summed E-state index contributed by atoms with van der Waals surface area (Å²) in [4.78, 5) is 12.0. The van der Waals surface area contributed by atoms with Crippen molar-refractivity contribution >= 4 is 12.0 Å². The van der Waals surface area contributed by atoms with Crippen LogP contribution in [0.1, 0.15) is 18.4 Å². The van der Waals surface area contributed by atoms with E-state index in [1.54, 1.807) is 17.9 Å². The molecule has 1 heterocycles. The second-order valence-electron chi connectivity index (χ2n) is 6.20.